The second kappa shape index (κ2) is 5.09. The van der Waals surface area contributed by atoms with E-state index in [-0.39, 0.29) is 11.8 Å². The summed E-state index contributed by atoms with van der Waals surface area (Å²) in [5, 5.41) is 8.74. The van der Waals surface area contributed by atoms with Gasteiger partial charge in [-0.25, -0.2) is 14.8 Å². The Morgan fingerprint density at radius 3 is 3.00 bits per heavy atom. The molecule has 6 nitrogen and oxygen atoms in total. The fourth-order valence-corrected chi connectivity index (χ4v) is 1.80. The number of ether oxygens (including phenoxy) is 1. The molecule has 1 aliphatic rings. The summed E-state index contributed by atoms with van der Waals surface area (Å²) in [7, 11) is 0. The van der Waals surface area contributed by atoms with Gasteiger partial charge in [0.15, 0.2) is 5.69 Å². The average molecular weight is 237 g/mol. The van der Waals surface area contributed by atoms with Gasteiger partial charge >= 0.3 is 5.97 Å². The van der Waals surface area contributed by atoms with Gasteiger partial charge in [-0.1, -0.05) is 0 Å². The zero-order chi connectivity index (χ0) is 12.3. The Kier molecular flexibility index (Phi) is 3.53. The molecule has 1 aromatic rings. The zero-order valence-corrected chi connectivity index (χ0v) is 9.67. The van der Waals surface area contributed by atoms with Crippen LogP contribution in [0.15, 0.2) is 12.4 Å². The molecule has 6 heteroatoms. The van der Waals surface area contributed by atoms with Crippen molar-refractivity contribution < 1.29 is 14.6 Å². The maximum atomic E-state index is 10.7. The Hall–Kier alpha value is -1.69. The molecule has 2 heterocycles. The van der Waals surface area contributed by atoms with Gasteiger partial charge in [-0.05, 0) is 13.3 Å². The van der Waals surface area contributed by atoms with Gasteiger partial charge < -0.3 is 14.7 Å². The lowest BCUT2D eigenvalue weighted by Gasteiger charge is -2.22. The van der Waals surface area contributed by atoms with Crippen molar-refractivity contribution in [3.8, 4) is 0 Å². The summed E-state index contributed by atoms with van der Waals surface area (Å²) >= 11 is 0. The highest BCUT2D eigenvalue weighted by Crippen LogP contribution is 2.14. The number of carboxylic acid groups (broad SMARTS) is 1. The number of aromatic nitrogens is 2. The van der Waals surface area contributed by atoms with Gasteiger partial charge in [-0.2, -0.15) is 0 Å². The van der Waals surface area contributed by atoms with Crippen LogP contribution in [0.4, 0.5) is 5.82 Å². The van der Waals surface area contributed by atoms with E-state index in [0.29, 0.717) is 5.82 Å². The van der Waals surface area contributed by atoms with Crippen molar-refractivity contribution >= 4 is 11.8 Å². The van der Waals surface area contributed by atoms with Crippen molar-refractivity contribution in [2.75, 3.05) is 24.6 Å². The first-order chi connectivity index (χ1) is 8.16. The van der Waals surface area contributed by atoms with Crippen LogP contribution in [0.25, 0.3) is 0 Å². The van der Waals surface area contributed by atoms with Crippen LogP contribution in [0.1, 0.15) is 23.8 Å². The molecule has 0 spiro atoms. The van der Waals surface area contributed by atoms with E-state index in [1.54, 1.807) is 0 Å². The summed E-state index contributed by atoms with van der Waals surface area (Å²) in [5.41, 5.74) is -0.0344. The molecule has 1 saturated heterocycles. The molecule has 1 aromatic heterocycles. The Balaban J connectivity index is 2.12. The third-order valence-corrected chi connectivity index (χ3v) is 2.63. The van der Waals surface area contributed by atoms with E-state index in [4.69, 9.17) is 9.84 Å². The van der Waals surface area contributed by atoms with Gasteiger partial charge in [-0.3, -0.25) is 0 Å². The first-order valence-corrected chi connectivity index (χ1v) is 5.58. The lowest BCUT2D eigenvalue weighted by atomic mass is 10.3. The summed E-state index contributed by atoms with van der Waals surface area (Å²) in [4.78, 5) is 20.7. The molecule has 1 atom stereocenters. The van der Waals surface area contributed by atoms with Crippen molar-refractivity contribution in [3.63, 3.8) is 0 Å². The Morgan fingerprint density at radius 2 is 2.35 bits per heavy atom. The van der Waals surface area contributed by atoms with E-state index in [1.807, 2.05) is 6.92 Å². The van der Waals surface area contributed by atoms with Gasteiger partial charge in [0.25, 0.3) is 0 Å². The number of hydrogen-bond acceptors (Lipinski definition) is 5. The average Bonchev–Trinajstić information content (AvgIpc) is 2.54. The number of carboxylic acids is 1. The summed E-state index contributed by atoms with van der Waals surface area (Å²) < 4.78 is 5.53. The monoisotopic (exact) mass is 237 g/mol. The van der Waals surface area contributed by atoms with E-state index >= 15 is 0 Å². The highest BCUT2D eigenvalue weighted by molar-refractivity contribution is 5.84. The van der Waals surface area contributed by atoms with Crippen LogP contribution in [0.5, 0.6) is 0 Å². The number of rotatable bonds is 2. The van der Waals surface area contributed by atoms with E-state index < -0.39 is 5.97 Å². The van der Waals surface area contributed by atoms with Crippen LogP contribution >= 0.6 is 0 Å². The molecule has 92 valence electrons. The lowest BCUT2D eigenvalue weighted by Crippen LogP contribution is -2.31. The van der Waals surface area contributed by atoms with Gasteiger partial charge in [0.05, 0.1) is 18.5 Å². The second-order valence-electron chi connectivity index (χ2n) is 4.05. The van der Waals surface area contributed by atoms with Gasteiger partial charge in [0.2, 0.25) is 0 Å². The van der Waals surface area contributed by atoms with Crippen molar-refractivity contribution in [2.45, 2.75) is 19.4 Å². The second-order valence-corrected chi connectivity index (χ2v) is 4.05. The third-order valence-electron chi connectivity index (χ3n) is 2.63. The van der Waals surface area contributed by atoms with E-state index in [2.05, 4.69) is 14.9 Å². The number of aromatic carboxylic acids is 1. The Morgan fingerprint density at radius 1 is 1.53 bits per heavy atom. The Bertz CT molecular complexity index is 393. The van der Waals surface area contributed by atoms with Gasteiger partial charge in [0.1, 0.15) is 5.82 Å². The molecule has 0 aromatic carbocycles. The molecule has 0 amide bonds. The number of nitrogens with zero attached hydrogens (tertiary/aromatic N) is 3. The summed E-state index contributed by atoms with van der Waals surface area (Å²) in [6.45, 7) is 4.36. The van der Waals surface area contributed by atoms with E-state index in [1.165, 1.54) is 12.4 Å². The SMILES string of the molecule is CC1CN(c2cnc(C(=O)O)cn2)CCCO1. The quantitative estimate of drug-likeness (QED) is 0.819. The molecule has 1 aliphatic heterocycles. The molecule has 1 unspecified atom stereocenters. The fraction of sp³-hybridized carbons (Fsp3) is 0.545. The van der Waals surface area contributed by atoms with Gasteiger partial charge in [-0.15, -0.1) is 0 Å². The molecular weight excluding hydrogens is 222 g/mol. The van der Waals surface area contributed by atoms with E-state index in [9.17, 15) is 4.79 Å². The standard InChI is InChI=1S/C11H15N3O3/c1-8-7-14(3-2-4-17-8)10-6-12-9(5-13-10)11(15)16/h5-6,8H,2-4,7H2,1H3,(H,15,16). The van der Waals surface area contributed by atoms with Crippen LogP contribution in [0.3, 0.4) is 0 Å². The maximum Gasteiger partial charge on any atom is 0.356 e. The molecule has 0 aliphatic carbocycles. The van der Waals surface area contributed by atoms with Crippen molar-refractivity contribution in [1.82, 2.24) is 9.97 Å². The van der Waals surface area contributed by atoms with Crippen molar-refractivity contribution in [3.05, 3.63) is 18.1 Å². The minimum Gasteiger partial charge on any atom is -0.476 e. The molecule has 1 N–H and O–H groups in total. The topological polar surface area (TPSA) is 75.6 Å². The van der Waals surface area contributed by atoms with Crippen molar-refractivity contribution in [1.29, 1.82) is 0 Å². The van der Waals surface area contributed by atoms with Crippen molar-refractivity contribution in [2.24, 2.45) is 0 Å². The highest BCUT2D eigenvalue weighted by atomic mass is 16.5. The predicted molar refractivity (Wildman–Crippen MR) is 61.2 cm³/mol. The molecule has 0 radical (unpaired) electrons. The van der Waals surface area contributed by atoms with Crippen LogP contribution in [-0.4, -0.2) is 46.8 Å². The highest BCUT2D eigenvalue weighted by Gasteiger charge is 2.17. The van der Waals surface area contributed by atoms with Crippen LogP contribution in [0.2, 0.25) is 0 Å². The minimum absolute atomic E-state index is 0.0344. The number of anilines is 1. The number of carbonyl (C=O) groups is 1. The third kappa shape index (κ3) is 2.91. The lowest BCUT2D eigenvalue weighted by molar-refractivity contribution is 0.0689. The molecule has 0 bridgehead atoms. The minimum atomic E-state index is -1.06. The first kappa shape index (κ1) is 11.8. The summed E-state index contributed by atoms with van der Waals surface area (Å²) in [6, 6.07) is 0. The van der Waals surface area contributed by atoms with Crippen LogP contribution in [0, 0.1) is 0 Å². The maximum absolute atomic E-state index is 10.7. The van der Waals surface area contributed by atoms with Gasteiger partial charge in [0, 0.05) is 19.7 Å². The largest absolute Gasteiger partial charge is 0.476 e. The summed E-state index contributed by atoms with van der Waals surface area (Å²) in [6.07, 6.45) is 3.88. The molecule has 1 fully saturated rings. The fourth-order valence-electron chi connectivity index (χ4n) is 1.80. The predicted octanol–water partition coefficient (Wildman–Crippen LogP) is 0.790. The molecule has 2 rings (SSSR count). The zero-order valence-electron chi connectivity index (χ0n) is 9.67. The first-order valence-electron chi connectivity index (χ1n) is 5.58. The number of hydrogen-bond donors (Lipinski definition) is 1. The van der Waals surface area contributed by atoms with Crippen LogP contribution < -0.4 is 4.90 Å². The normalized spacial score (nSPS) is 21.0. The molecule has 0 saturated carbocycles. The molecule has 17 heavy (non-hydrogen) atoms. The summed E-state index contributed by atoms with van der Waals surface area (Å²) in [5.74, 6) is -0.357. The Labute approximate surface area is 99.2 Å². The smallest absolute Gasteiger partial charge is 0.356 e. The van der Waals surface area contributed by atoms with E-state index in [0.717, 1.165) is 26.1 Å². The van der Waals surface area contributed by atoms with Crippen LogP contribution in [-0.2, 0) is 4.74 Å². The molecular formula is C11H15N3O3.